The monoisotopic (exact) mass is 350 g/mol. The van der Waals surface area contributed by atoms with Crippen LogP contribution in [0.2, 0.25) is 18.1 Å². The van der Waals surface area contributed by atoms with Gasteiger partial charge in [-0.15, -0.1) is 0 Å². The number of rotatable bonds is 5. The third kappa shape index (κ3) is 2.62. The van der Waals surface area contributed by atoms with Crippen molar-refractivity contribution in [3.05, 3.63) is 71.3 Å². The fourth-order valence-electron chi connectivity index (χ4n) is 5.59. The van der Waals surface area contributed by atoms with E-state index in [0.717, 1.165) is 6.42 Å². The number of benzene rings is 2. The van der Waals surface area contributed by atoms with Crippen LogP contribution in [0.25, 0.3) is 0 Å². The Balaban J connectivity index is 1.85. The van der Waals surface area contributed by atoms with Gasteiger partial charge in [-0.2, -0.15) is 0 Å². The lowest BCUT2D eigenvalue weighted by Gasteiger charge is -2.45. The first-order chi connectivity index (χ1) is 12.2. The topological polar surface area (TPSA) is 9.23 Å². The van der Waals surface area contributed by atoms with E-state index in [1.807, 2.05) is 0 Å². The van der Waals surface area contributed by atoms with Crippen LogP contribution in [0, 0.1) is 0 Å². The summed E-state index contributed by atoms with van der Waals surface area (Å²) < 4.78 is 6.75. The van der Waals surface area contributed by atoms with E-state index in [1.165, 1.54) is 29.3 Å². The Hall–Kier alpha value is -1.38. The molecule has 0 unspecified atom stereocenters. The summed E-state index contributed by atoms with van der Waals surface area (Å²) in [4.78, 5) is 0. The first-order valence-electron chi connectivity index (χ1n) is 10.0. The lowest BCUT2D eigenvalue weighted by Crippen LogP contribution is -2.48. The van der Waals surface area contributed by atoms with Crippen LogP contribution in [-0.4, -0.2) is 14.2 Å². The van der Waals surface area contributed by atoms with Gasteiger partial charge in [-0.1, -0.05) is 93.5 Å². The summed E-state index contributed by atoms with van der Waals surface area (Å²) in [6.45, 7) is 7.29. The second kappa shape index (κ2) is 6.73. The van der Waals surface area contributed by atoms with Crippen LogP contribution in [0.3, 0.4) is 0 Å². The summed E-state index contributed by atoms with van der Waals surface area (Å²) in [5.41, 5.74) is 5.21. The van der Waals surface area contributed by atoms with Crippen molar-refractivity contribution in [2.45, 2.75) is 69.0 Å². The van der Waals surface area contributed by atoms with E-state index in [2.05, 4.69) is 75.4 Å². The van der Waals surface area contributed by atoms with Crippen molar-refractivity contribution in [2.24, 2.45) is 0 Å². The van der Waals surface area contributed by atoms with E-state index in [1.54, 1.807) is 5.56 Å². The van der Waals surface area contributed by atoms with E-state index in [-0.39, 0.29) is 0 Å². The van der Waals surface area contributed by atoms with Crippen molar-refractivity contribution in [2.75, 3.05) is 0 Å². The third-order valence-corrected chi connectivity index (χ3v) is 13.4. The highest BCUT2D eigenvalue weighted by molar-refractivity contribution is 6.81. The average molecular weight is 351 g/mol. The van der Waals surface area contributed by atoms with Crippen molar-refractivity contribution >= 4 is 8.07 Å². The molecule has 4 rings (SSSR count). The molecule has 132 valence electrons. The zero-order valence-electron chi connectivity index (χ0n) is 15.7. The van der Waals surface area contributed by atoms with Gasteiger partial charge in [0.05, 0.1) is 20.3 Å². The molecular weight excluding hydrogens is 320 g/mol. The van der Waals surface area contributed by atoms with Gasteiger partial charge in [0.1, 0.15) is 0 Å². The van der Waals surface area contributed by atoms with Crippen LogP contribution in [0.4, 0.5) is 0 Å². The average Bonchev–Trinajstić information content (AvgIpc) is 3.06. The van der Waals surface area contributed by atoms with Crippen molar-refractivity contribution in [3.63, 3.8) is 0 Å². The van der Waals surface area contributed by atoms with Crippen molar-refractivity contribution < 1.29 is 4.74 Å². The normalized spacial score (nSPS) is 28.0. The van der Waals surface area contributed by atoms with Crippen molar-refractivity contribution in [1.82, 2.24) is 0 Å². The van der Waals surface area contributed by atoms with Gasteiger partial charge >= 0.3 is 0 Å². The minimum atomic E-state index is -1.42. The predicted octanol–water partition coefficient (Wildman–Crippen LogP) is 6.45. The van der Waals surface area contributed by atoms with Gasteiger partial charge in [-0.3, -0.25) is 0 Å². The van der Waals surface area contributed by atoms with Gasteiger partial charge in [0.25, 0.3) is 0 Å². The molecule has 0 amide bonds. The predicted molar refractivity (Wildman–Crippen MR) is 108 cm³/mol. The molecule has 2 bridgehead atoms. The maximum absolute atomic E-state index is 6.75. The second-order valence-corrected chi connectivity index (χ2v) is 13.3. The molecule has 2 heterocycles. The highest BCUT2D eigenvalue weighted by atomic mass is 28.3. The SMILES string of the molecule is CC[Si](CC)(CC)[C@H]1c2ccccc2[C@@H]2C[C@H](c3ccccc3)[C@H]1O2. The van der Waals surface area contributed by atoms with Crippen LogP contribution in [0.15, 0.2) is 54.6 Å². The summed E-state index contributed by atoms with van der Waals surface area (Å²) in [5, 5.41) is 0. The van der Waals surface area contributed by atoms with E-state index in [4.69, 9.17) is 4.74 Å². The Labute approximate surface area is 153 Å². The fraction of sp³-hybridized carbons (Fsp3) is 0.478. The standard InChI is InChI=1S/C23H30OSi/c1-4-25(5-2,6-3)23-19-15-11-10-14-18(19)21-16-20(22(23)24-21)17-12-8-7-9-13-17/h7-15,20-23H,4-6,16H2,1-3H3/t20-,21+,22-,23+/m1/s1. The summed E-state index contributed by atoms with van der Waals surface area (Å²) in [5.74, 6) is 0.542. The summed E-state index contributed by atoms with van der Waals surface area (Å²) in [6, 6.07) is 24.4. The summed E-state index contributed by atoms with van der Waals surface area (Å²) >= 11 is 0. The molecule has 2 aliphatic rings. The van der Waals surface area contributed by atoms with E-state index >= 15 is 0 Å². The van der Waals surface area contributed by atoms with E-state index < -0.39 is 8.07 Å². The van der Waals surface area contributed by atoms with Crippen molar-refractivity contribution in [1.29, 1.82) is 0 Å². The van der Waals surface area contributed by atoms with Gasteiger partial charge in [0.2, 0.25) is 0 Å². The molecule has 2 heteroatoms. The molecule has 0 N–H and O–H groups in total. The lowest BCUT2D eigenvalue weighted by atomic mass is 9.90. The largest absolute Gasteiger partial charge is 0.369 e. The second-order valence-electron chi connectivity index (χ2n) is 7.87. The first kappa shape index (κ1) is 17.1. The number of ether oxygens (including phenoxy) is 1. The van der Waals surface area contributed by atoms with E-state index in [0.29, 0.717) is 23.7 Å². The molecule has 2 aromatic rings. The highest BCUT2D eigenvalue weighted by Gasteiger charge is 2.53. The molecule has 0 aromatic heterocycles. The maximum Gasteiger partial charge on any atom is 0.0838 e. The molecular formula is C23H30OSi. The number of hydrogen-bond acceptors (Lipinski definition) is 1. The van der Waals surface area contributed by atoms with Gasteiger partial charge in [0.15, 0.2) is 0 Å². The molecule has 1 saturated heterocycles. The Morgan fingerprint density at radius 3 is 2.08 bits per heavy atom. The van der Waals surface area contributed by atoms with Crippen LogP contribution in [0.5, 0.6) is 0 Å². The molecule has 1 fully saturated rings. The minimum absolute atomic E-state index is 0.292. The van der Waals surface area contributed by atoms with Crippen molar-refractivity contribution in [3.8, 4) is 0 Å². The molecule has 1 nitrogen and oxygen atoms in total. The summed E-state index contributed by atoms with van der Waals surface area (Å²) in [6.07, 6.45) is 1.80. The minimum Gasteiger partial charge on any atom is -0.369 e. The van der Waals surface area contributed by atoms with Crippen LogP contribution in [-0.2, 0) is 4.74 Å². The molecule has 0 radical (unpaired) electrons. The van der Waals surface area contributed by atoms with Gasteiger partial charge in [-0.05, 0) is 23.1 Å². The fourth-order valence-corrected chi connectivity index (χ4v) is 10.3. The van der Waals surface area contributed by atoms with Gasteiger partial charge in [-0.25, -0.2) is 0 Å². The molecule has 25 heavy (non-hydrogen) atoms. The zero-order valence-corrected chi connectivity index (χ0v) is 16.7. The van der Waals surface area contributed by atoms with Crippen LogP contribution in [0.1, 0.15) is 61.4 Å². The zero-order chi connectivity index (χ0) is 17.4. The molecule has 0 spiro atoms. The third-order valence-electron chi connectivity index (χ3n) is 7.19. The maximum atomic E-state index is 6.75. The Morgan fingerprint density at radius 1 is 0.840 bits per heavy atom. The Morgan fingerprint density at radius 2 is 1.44 bits per heavy atom. The quantitative estimate of drug-likeness (QED) is 0.563. The number of hydrogen-bond donors (Lipinski definition) is 0. The van der Waals surface area contributed by atoms with Crippen LogP contribution < -0.4 is 0 Å². The van der Waals surface area contributed by atoms with E-state index in [9.17, 15) is 0 Å². The molecule has 2 aromatic carbocycles. The molecule has 4 atom stereocenters. The van der Waals surface area contributed by atoms with Gasteiger partial charge < -0.3 is 4.74 Å². The highest BCUT2D eigenvalue weighted by Crippen LogP contribution is 2.57. The first-order valence-corrected chi connectivity index (χ1v) is 12.7. The van der Waals surface area contributed by atoms with Gasteiger partial charge in [0, 0.05) is 11.5 Å². The number of fused-ring (bicyclic) bond motifs is 4. The Kier molecular flexibility index (Phi) is 4.59. The Bertz CT molecular complexity index is 714. The molecule has 0 saturated carbocycles. The molecule has 0 aliphatic carbocycles. The molecule has 2 aliphatic heterocycles. The van der Waals surface area contributed by atoms with Crippen LogP contribution >= 0.6 is 0 Å². The smallest absolute Gasteiger partial charge is 0.0838 e. The summed E-state index contributed by atoms with van der Waals surface area (Å²) in [7, 11) is -1.42. The lowest BCUT2D eigenvalue weighted by molar-refractivity contribution is 0.0226.